The molecule has 2 aromatic rings. The molecule has 3 N–H and O–H groups in total. The van der Waals surface area contributed by atoms with Gasteiger partial charge in [0.2, 0.25) is 5.88 Å². The first-order valence-corrected chi connectivity index (χ1v) is 9.57. The van der Waals surface area contributed by atoms with E-state index in [1.165, 1.54) is 6.07 Å². The van der Waals surface area contributed by atoms with Crippen LogP contribution in [0.25, 0.3) is 0 Å². The lowest BCUT2D eigenvalue weighted by molar-refractivity contribution is 0.102. The van der Waals surface area contributed by atoms with Crippen molar-refractivity contribution in [2.24, 2.45) is 10.7 Å². The Morgan fingerprint density at radius 3 is 2.59 bits per heavy atom. The van der Waals surface area contributed by atoms with E-state index in [1.54, 1.807) is 0 Å². The summed E-state index contributed by atoms with van der Waals surface area (Å²) in [6.07, 6.45) is 2.39. The molecular formula is C19H15B3F3N5O2. The second kappa shape index (κ2) is 7.56. The molecule has 7 nitrogen and oxygen atoms in total. The van der Waals surface area contributed by atoms with Crippen LogP contribution < -0.4 is 15.8 Å². The van der Waals surface area contributed by atoms with Gasteiger partial charge in [0.05, 0.1) is 17.9 Å². The van der Waals surface area contributed by atoms with Gasteiger partial charge in [-0.1, -0.05) is 0 Å². The number of ether oxygens (including phenoxy) is 1. The highest BCUT2D eigenvalue weighted by Crippen LogP contribution is 2.51. The number of hydrogen-bond acceptors (Lipinski definition) is 6. The maximum atomic E-state index is 14.6. The molecule has 13 heteroatoms. The Bertz CT molecular complexity index is 1110. The Balaban J connectivity index is 1.55. The van der Waals surface area contributed by atoms with E-state index < -0.39 is 40.7 Å². The van der Waals surface area contributed by atoms with Gasteiger partial charge in [-0.15, -0.1) is 0 Å². The van der Waals surface area contributed by atoms with Crippen molar-refractivity contribution < 1.29 is 22.7 Å². The third-order valence-corrected chi connectivity index (χ3v) is 5.51. The molecule has 6 radical (unpaired) electrons. The molecule has 2 atom stereocenters. The van der Waals surface area contributed by atoms with Crippen molar-refractivity contribution in [2.45, 2.75) is 35.8 Å². The van der Waals surface area contributed by atoms with Gasteiger partial charge in [0.25, 0.3) is 5.91 Å². The van der Waals surface area contributed by atoms with E-state index in [1.807, 2.05) is 0 Å². The molecule has 1 aliphatic carbocycles. The van der Waals surface area contributed by atoms with E-state index >= 15 is 0 Å². The zero-order valence-corrected chi connectivity index (χ0v) is 16.7. The third-order valence-electron chi connectivity index (χ3n) is 5.51. The number of aromatic nitrogens is 2. The average molecular weight is 435 g/mol. The Hall–Kier alpha value is -2.98. The SMILES string of the molecule is [B]C([B])([B])Oc1cnc(C(=O)Nc2cc(F)c3c(c2)[C@@]2(CC[C@@](F)(CF)C(N)=N2)C3)cn1. The van der Waals surface area contributed by atoms with Crippen molar-refractivity contribution in [2.75, 3.05) is 12.0 Å². The van der Waals surface area contributed by atoms with Gasteiger partial charge in [-0.2, -0.15) is 0 Å². The second-order valence-corrected chi connectivity index (χ2v) is 7.94. The Kier molecular flexibility index (Phi) is 5.25. The number of carbonyl (C=O) groups excluding carboxylic acids is 1. The first kappa shape index (κ1) is 22.2. The highest BCUT2D eigenvalue weighted by Gasteiger charge is 2.51. The number of anilines is 1. The Morgan fingerprint density at radius 2 is 2.00 bits per heavy atom. The van der Waals surface area contributed by atoms with Crippen LogP contribution in [0.5, 0.6) is 5.88 Å². The van der Waals surface area contributed by atoms with Crippen molar-refractivity contribution in [1.82, 2.24) is 9.97 Å². The van der Waals surface area contributed by atoms with E-state index in [9.17, 15) is 18.0 Å². The summed E-state index contributed by atoms with van der Waals surface area (Å²) in [5, 5.41) is 0.556. The first-order valence-electron chi connectivity index (χ1n) is 9.57. The molecule has 0 fully saturated rings. The number of amides is 1. The van der Waals surface area contributed by atoms with Crippen LogP contribution in [0.15, 0.2) is 29.5 Å². The molecule has 0 bridgehead atoms. The van der Waals surface area contributed by atoms with E-state index in [0.717, 1.165) is 18.5 Å². The fraction of sp³-hybridized carbons (Fsp3) is 0.368. The van der Waals surface area contributed by atoms with Crippen LogP contribution in [0.3, 0.4) is 0 Å². The normalized spacial score (nSPS) is 24.3. The molecule has 4 rings (SSSR count). The van der Waals surface area contributed by atoms with Crippen molar-refractivity contribution in [3.05, 3.63) is 47.2 Å². The topological polar surface area (TPSA) is 102 Å². The molecule has 1 amide bonds. The zero-order chi connectivity index (χ0) is 23.3. The smallest absolute Gasteiger partial charge is 0.275 e. The summed E-state index contributed by atoms with van der Waals surface area (Å²) in [5.74, 6) is -1.78. The lowest BCUT2D eigenvalue weighted by atomic mass is 9.52. The third kappa shape index (κ3) is 3.96. The lowest BCUT2D eigenvalue weighted by Gasteiger charge is -2.46. The maximum Gasteiger partial charge on any atom is 0.275 e. The number of nitrogens with zero attached hydrogens (tertiary/aromatic N) is 3. The molecule has 1 aromatic carbocycles. The number of fused-ring (bicyclic) bond motifs is 2. The number of benzene rings is 1. The van der Waals surface area contributed by atoms with Gasteiger partial charge in [-0.05, 0) is 41.4 Å². The number of nitrogens with one attached hydrogen (secondary N) is 1. The fourth-order valence-electron chi connectivity index (χ4n) is 3.82. The summed E-state index contributed by atoms with van der Waals surface area (Å²) in [4.78, 5) is 24.4. The van der Waals surface area contributed by atoms with Crippen LogP contribution in [0.1, 0.15) is 34.5 Å². The quantitative estimate of drug-likeness (QED) is 0.682. The van der Waals surface area contributed by atoms with Crippen LogP contribution in [0, 0.1) is 5.82 Å². The van der Waals surface area contributed by atoms with Gasteiger partial charge < -0.3 is 15.8 Å². The van der Waals surface area contributed by atoms with Gasteiger partial charge in [0, 0.05) is 12.1 Å². The number of hydrogen-bond donors (Lipinski definition) is 2. The average Bonchev–Trinajstić information content (AvgIpc) is 2.71. The summed E-state index contributed by atoms with van der Waals surface area (Å²) in [6.45, 7) is -1.27. The Morgan fingerprint density at radius 1 is 1.25 bits per heavy atom. The van der Waals surface area contributed by atoms with E-state index in [-0.39, 0.29) is 36.5 Å². The molecule has 0 saturated carbocycles. The molecular weight excluding hydrogens is 420 g/mol. The molecule has 0 saturated heterocycles. The monoisotopic (exact) mass is 435 g/mol. The first-order chi connectivity index (χ1) is 14.9. The van der Waals surface area contributed by atoms with E-state index in [0.29, 0.717) is 11.1 Å². The van der Waals surface area contributed by atoms with Gasteiger partial charge in [0.1, 0.15) is 47.6 Å². The van der Waals surface area contributed by atoms with Crippen LogP contribution in [-0.2, 0) is 12.0 Å². The van der Waals surface area contributed by atoms with E-state index in [4.69, 9.17) is 34.0 Å². The molecule has 0 unspecified atom stereocenters. The molecule has 1 aromatic heterocycles. The predicted molar refractivity (Wildman–Crippen MR) is 113 cm³/mol. The number of rotatable bonds is 5. The van der Waals surface area contributed by atoms with Crippen molar-refractivity contribution in [1.29, 1.82) is 0 Å². The number of halogens is 3. The van der Waals surface area contributed by atoms with Crippen LogP contribution in [0.4, 0.5) is 18.9 Å². The van der Waals surface area contributed by atoms with Gasteiger partial charge >= 0.3 is 0 Å². The number of amidine groups is 1. The number of nitrogens with two attached hydrogens (primary N) is 1. The Labute approximate surface area is 185 Å². The van der Waals surface area contributed by atoms with Crippen molar-refractivity contribution in [3.63, 3.8) is 0 Å². The van der Waals surface area contributed by atoms with Gasteiger partial charge in [0.15, 0.2) is 5.67 Å². The zero-order valence-electron chi connectivity index (χ0n) is 16.7. The molecule has 2 heterocycles. The minimum atomic E-state index is -2.31. The molecule has 158 valence electrons. The highest BCUT2D eigenvalue weighted by molar-refractivity contribution is 6.58. The summed E-state index contributed by atoms with van der Waals surface area (Å²) < 4.78 is 46.9. The molecule has 1 aliphatic heterocycles. The summed E-state index contributed by atoms with van der Waals surface area (Å²) in [6, 6.07) is 2.69. The molecule has 1 spiro atoms. The lowest BCUT2D eigenvalue weighted by Crippen LogP contribution is -2.52. The number of alkyl halides is 2. The van der Waals surface area contributed by atoms with Crippen LogP contribution >= 0.6 is 0 Å². The minimum Gasteiger partial charge on any atom is -0.500 e. The molecule has 32 heavy (non-hydrogen) atoms. The van der Waals surface area contributed by atoms with Crippen molar-refractivity contribution >= 4 is 41.0 Å². The van der Waals surface area contributed by atoms with Crippen molar-refractivity contribution in [3.8, 4) is 5.88 Å². The number of carbonyl (C=O) groups is 1. The second-order valence-electron chi connectivity index (χ2n) is 7.94. The standard InChI is InChI=1S/C19H15B3F3N5O2/c20-19(21,22)32-14-7-27-13(6-28-14)15(31)29-9-3-11-10(12(24)4-9)5-18(11)2-1-17(25,8-23)16(26)30-18/h3-4,6-7H,1-2,5,8H2,(H2,26,30)(H,29,31)/t17-,18-/m1/s1. The number of aliphatic imine (C=N–C) groups is 1. The molecule has 2 aliphatic rings. The van der Waals surface area contributed by atoms with Crippen LogP contribution in [-0.4, -0.2) is 62.9 Å². The largest absolute Gasteiger partial charge is 0.500 e. The maximum absolute atomic E-state index is 14.6. The highest BCUT2D eigenvalue weighted by atomic mass is 19.2. The predicted octanol–water partition coefficient (Wildman–Crippen LogP) is 0.944. The minimum absolute atomic E-state index is 0.100. The van der Waals surface area contributed by atoms with Gasteiger partial charge in [-0.3, -0.25) is 9.79 Å². The van der Waals surface area contributed by atoms with Gasteiger partial charge in [-0.25, -0.2) is 23.1 Å². The van der Waals surface area contributed by atoms with Crippen LogP contribution in [0.2, 0.25) is 0 Å². The summed E-state index contributed by atoms with van der Waals surface area (Å²) in [5.41, 5.74) is 3.32. The van der Waals surface area contributed by atoms with E-state index in [2.05, 4.69) is 20.3 Å². The fourth-order valence-corrected chi connectivity index (χ4v) is 3.82. The summed E-state index contributed by atoms with van der Waals surface area (Å²) >= 11 is 0. The summed E-state index contributed by atoms with van der Waals surface area (Å²) in [7, 11) is 15.9.